The molecule has 1 saturated carbocycles. The lowest BCUT2D eigenvalue weighted by Crippen LogP contribution is -2.27. The Morgan fingerprint density at radius 3 is 2.90 bits per heavy atom. The average Bonchev–Trinajstić information content (AvgIpc) is 3.19. The summed E-state index contributed by atoms with van der Waals surface area (Å²) < 4.78 is 2.23. The predicted octanol–water partition coefficient (Wildman–Crippen LogP) is 3.06. The number of nitrogens with zero attached hydrogens (tertiary/aromatic N) is 2. The highest BCUT2D eigenvalue weighted by Gasteiger charge is 2.23. The number of fused-ring (bicyclic) bond motifs is 1. The lowest BCUT2D eigenvalue weighted by molar-refractivity contribution is -0.118. The topological polar surface area (TPSA) is 46.9 Å². The number of nitrogens with one attached hydrogen (secondary N) is 1. The van der Waals surface area contributed by atoms with Crippen molar-refractivity contribution >= 4 is 28.7 Å². The molecule has 3 rings (SSSR count). The summed E-state index contributed by atoms with van der Waals surface area (Å²) in [6.45, 7) is 5.32. The summed E-state index contributed by atoms with van der Waals surface area (Å²) in [6, 6.07) is 8.59. The molecule has 1 aliphatic carbocycles. The number of hydrogen-bond acceptors (Lipinski definition) is 3. The Hall–Kier alpha value is -1.49. The number of aromatic nitrogens is 2. The van der Waals surface area contributed by atoms with Crippen LogP contribution in [0.15, 0.2) is 29.4 Å². The van der Waals surface area contributed by atoms with Crippen LogP contribution in [0.2, 0.25) is 0 Å². The molecule has 0 bridgehead atoms. The summed E-state index contributed by atoms with van der Waals surface area (Å²) in [7, 11) is 0. The molecule has 1 fully saturated rings. The number of hydrogen-bond donors (Lipinski definition) is 1. The molecular formula is C16H21N3OS. The highest BCUT2D eigenvalue weighted by molar-refractivity contribution is 7.99. The highest BCUT2D eigenvalue weighted by atomic mass is 32.2. The minimum Gasteiger partial charge on any atom is -0.353 e. The molecule has 0 spiro atoms. The Labute approximate surface area is 129 Å². The Morgan fingerprint density at radius 2 is 2.19 bits per heavy atom. The third-order valence-corrected chi connectivity index (χ3v) is 4.42. The van der Waals surface area contributed by atoms with E-state index in [1.165, 1.54) is 11.8 Å². The fourth-order valence-electron chi connectivity index (χ4n) is 2.33. The zero-order chi connectivity index (χ0) is 14.8. The molecule has 0 unspecified atom stereocenters. The molecule has 4 nitrogen and oxygen atoms in total. The van der Waals surface area contributed by atoms with Gasteiger partial charge in [0.05, 0.1) is 16.8 Å². The van der Waals surface area contributed by atoms with Gasteiger partial charge in [0.15, 0.2) is 5.16 Å². The first-order chi connectivity index (χ1) is 10.1. The quantitative estimate of drug-likeness (QED) is 0.834. The fourth-order valence-corrected chi connectivity index (χ4v) is 3.17. The molecule has 0 aliphatic heterocycles. The van der Waals surface area contributed by atoms with Crippen molar-refractivity contribution in [3.63, 3.8) is 0 Å². The van der Waals surface area contributed by atoms with E-state index >= 15 is 0 Å². The van der Waals surface area contributed by atoms with E-state index in [4.69, 9.17) is 0 Å². The van der Waals surface area contributed by atoms with Gasteiger partial charge in [-0.1, -0.05) is 37.7 Å². The van der Waals surface area contributed by atoms with Crippen molar-refractivity contribution < 1.29 is 4.79 Å². The van der Waals surface area contributed by atoms with Crippen molar-refractivity contribution in [3.8, 4) is 0 Å². The molecule has 112 valence electrons. The second kappa shape index (κ2) is 6.10. The van der Waals surface area contributed by atoms with Crippen LogP contribution >= 0.6 is 11.8 Å². The van der Waals surface area contributed by atoms with Crippen LogP contribution in [0.1, 0.15) is 26.7 Å². The number of amides is 1. The minimum atomic E-state index is 0.116. The predicted molar refractivity (Wildman–Crippen MR) is 86.5 cm³/mol. The maximum atomic E-state index is 11.8. The van der Waals surface area contributed by atoms with Gasteiger partial charge in [-0.3, -0.25) is 4.79 Å². The van der Waals surface area contributed by atoms with Gasteiger partial charge in [-0.05, 0) is 30.9 Å². The first kappa shape index (κ1) is 14.4. The number of carbonyl (C=O) groups is 1. The minimum absolute atomic E-state index is 0.116. The number of para-hydroxylation sites is 2. The monoisotopic (exact) mass is 303 g/mol. The van der Waals surface area contributed by atoms with E-state index in [9.17, 15) is 4.79 Å². The van der Waals surface area contributed by atoms with Gasteiger partial charge < -0.3 is 9.88 Å². The van der Waals surface area contributed by atoms with Crippen LogP contribution < -0.4 is 5.32 Å². The van der Waals surface area contributed by atoms with Gasteiger partial charge in [0.25, 0.3) is 0 Å². The van der Waals surface area contributed by atoms with Crippen LogP contribution in [0, 0.1) is 5.92 Å². The number of benzene rings is 1. The summed E-state index contributed by atoms with van der Waals surface area (Å²) >= 11 is 1.53. The molecule has 1 amide bonds. The number of imidazole rings is 1. The first-order valence-electron chi connectivity index (χ1n) is 7.51. The van der Waals surface area contributed by atoms with Gasteiger partial charge in [-0.25, -0.2) is 4.98 Å². The van der Waals surface area contributed by atoms with E-state index in [-0.39, 0.29) is 5.91 Å². The molecule has 0 radical (unpaired) electrons. The van der Waals surface area contributed by atoms with Gasteiger partial charge in [0.2, 0.25) is 5.91 Å². The van der Waals surface area contributed by atoms with Crippen LogP contribution in [0.3, 0.4) is 0 Å². The maximum Gasteiger partial charge on any atom is 0.230 e. The highest BCUT2D eigenvalue weighted by Crippen LogP contribution is 2.25. The zero-order valence-electron chi connectivity index (χ0n) is 12.5. The van der Waals surface area contributed by atoms with Crippen molar-refractivity contribution in [1.82, 2.24) is 14.9 Å². The van der Waals surface area contributed by atoms with Gasteiger partial charge in [0.1, 0.15) is 0 Å². The second-order valence-electron chi connectivity index (χ2n) is 6.02. The molecule has 0 saturated heterocycles. The van der Waals surface area contributed by atoms with Crippen LogP contribution in [0.25, 0.3) is 11.0 Å². The van der Waals surface area contributed by atoms with Gasteiger partial charge in [-0.15, -0.1) is 0 Å². The largest absolute Gasteiger partial charge is 0.353 e. The first-order valence-corrected chi connectivity index (χ1v) is 8.49. The second-order valence-corrected chi connectivity index (χ2v) is 6.96. The van der Waals surface area contributed by atoms with E-state index in [2.05, 4.69) is 34.8 Å². The van der Waals surface area contributed by atoms with Gasteiger partial charge in [-0.2, -0.15) is 0 Å². The number of rotatable bonds is 6. The van der Waals surface area contributed by atoms with Crippen LogP contribution in [-0.4, -0.2) is 27.3 Å². The molecule has 1 aliphatic rings. The van der Waals surface area contributed by atoms with E-state index in [0.29, 0.717) is 17.7 Å². The van der Waals surface area contributed by atoms with Crippen LogP contribution in [-0.2, 0) is 11.3 Å². The normalized spacial score (nSPS) is 14.8. The van der Waals surface area contributed by atoms with Crippen molar-refractivity contribution in [1.29, 1.82) is 0 Å². The summed E-state index contributed by atoms with van der Waals surface area (Å²) in [5.74, 6) is 1.10. The smallest absolute Gasteiger partial charge is 0.230 e. The van der Waals surface area contributed by atoms with Crippen molar-refractivity contribution in [2.75, 3.05) is 5.75 Å². The Balaban J connectivity index is 1.77. The Kier molecular flexibility index (Phi) is 4.19. The average molecular weight is 303 g/mol. The SMILES string of the molecule is CC(C)Cn1c(SCC(=O)NC2CC2)nc2ccccc21. The molecule has 21 heavy (non-hydrogen) atoms. The lowest BCUT2D eigenvalue weighted by atomic mass is 10.2. The van der Waals surface area contributed by atoms with Gasteiger partial charge in [0, 0.05) is 12.6 Å². The zero-order valence-corrected chi connectivity index (χ0v) is 13.3. The maximum absolute atomic E-state index is 11.8. The van der Waals surface area contributed by atoms with E-state index < -0.39 is 0 Å². The van der Waals surface area contributed by atoms with Gasteiger partial charge >= 0.3 is 0 Å². The molecule has 1 heterocycles. The fraction of sp³-hybridized carbons (Fsp3) is 0.500. The van der Waals surface area contributed by atoms with Crippen molar-refractivity contribution in [2.24, 2.45) is 5.92 Å². The number of carbonyl (C=O) groups excluding carboxylic acids is 1. The number of thioether (sulfide) groups is 1. The lowest BCUT2D eigenvalue weighted by Gasteiger charge is -2.11. The van der Waals surface area contributed by atoms with Crippen LogP contribution in [0.5, 0.6) is 0 Å². The third-order valence-electron chi connectivity index (χ3n) is 3.44. The van der Waals surface area contributed by atoms with Crippen molar-refractivity contribution in [2.45, 2.75) is 44.4 Å². The molecule has 1 aromatic heterocycles. The molecule has 5 heteroatoms. The Morgan fingerprint density at radius 1 is 1.43 bits per heavy atom. The molecule has 1 N–H and O–H groups in total. The summed E-state index contributed by atoms with van der Waals surface area (Å²) in [6.07, 6.45) is 2.25. The third kappa shape index (κ3) is 3.59. The molecule has 2 aromatic rings. The van der Waals surface area contributed by atoms with Crippen molar-refractivity contribution in [3.05, 3.63) is 24.3 Å². The van der Waals surface area contributed by atoms with E-state index in [0.717, 1.165) is 35.6 Å². The van der Waals surface area contributed by atoms with E-state index in [1.807, 2.05) is 18.2 Å². The Bertz CT molecular complexity index is 646. The molecular weight excluding hydrogens is 282 g/mol. The molecule has 0 atom stereocenters. The summed E-state index contributed by atoms with van der Waals surface area (Å²) in [5, 5.41) is 3.96. The summed E-state index contributed by atoms with van der Waals surface area (Å²) in [5.41, 5.74) is 2.15. The molecule has 1 aromatic carbocycles. The van der Waals surface area contributed by atoms with Crippen LogP contribution in [0.4, 0.5) is 0 Å². The summed E-state index contributed by atoms with van der Waals surface area (Å²) in [4.78, 5) is 16.5. The standard InChI is InChI=1S/C16H21N3OS/c1-11(2)9-19-14-6-4-3-5-13(14)18-16(19)21-10-15(20)17-12-7-8-12/h3-6,11-12H,7-10H2,1-2H3,(H,17,20). The van der Waals surface area contributed by atoms with E-state index in [1.54, 1.807) is 0 Å².